The first-order valence-corrected chi connectivity index (χ1v) is 9.11. The second-order valence-electron chi connectivity index (χ2n) is 5.39. The molecule has 1 unspecified atom stereocenters. The lowest BCUT2D eigenvalue weighted by Crippen LogP contribution is -2.32. The Labute approximate surface area is 154 Å². The normalized spacial score (nSPS) is 17.5. The van der Waals surface area contributed by atoms with Crippen molar-refractivity contribution < 1.29 is 4.79 Å². The van der Waals surface area contributed by atoms with Gasteiger partial charge in [0.2, 0.25) is 0 Å². The number of hydrogen-bond acceptors (Lipinski definition) is 4. The van der Waals surface area contributed by atoms with Crippen molar-refractivity contribution in [2.45, 2.75) is 25.3 Å². The summed E-state index contributed by atoms with van der Waals surface area (Å²) in [5.74, 6) is -0.0989. The van der Waals surface area contributed by atoms with E-state index in [0.717, 1.165) is 36.1 Å². The molecule has 5 nitrogen and oxygen atoms in total. The molecule has 8 heteroatoms. The molecule has 2 aromatic heterocycles. The van der Waals surface area contributed by atoms with Gasteiger partial charge in [-0.25, -0.2) is 0 Å². The van der Waals surface area contributed by atoms with Crippen molar-refractivity contribution in [1.82, 2.24) is 20.4 Å². The van der Waals surface area contributed by atoms with E-state index in [4.69, 9.17) is 0 Å². The number of aromatic nitrogens is 2. The molecule has 1 saturated heterocycles. The summed E-state index contributed by atoms with van der Waals surface area (Å²) in [7, 11) is 0. The smallest absolute Gasteiger partial charge is 0.271 e. The van der Waals surface area contributed by atoms with Crippen LogP contribution in [0.3, 0.4) is 0 Å². The third kappa shape index (κ3) is 5.04. The fraction of sp³-hybridized carbons (Fsp3) is 0.467. The summed E-state index contributed by atoms with van der Waals surface area (Å²) in [6.07, 6.45) is 5.02. The summed E-state index contributed by atoms with van der Waals surface area (Å²) in [6, 6.07) is 6.26. The fourth-order valence-corrected chi connectivity index (χ4v) is 4.08. The van der Waals surface area contributed by atoms with Crippen LogP contribution in [0, 0.1) is 0 Å². The van der Waals surface area contributed by atoms with Crippen LogP contribution in [0.15, 0.2) is 28.2 Å². The molecule has 126 valence electrons. The van der Waals surface area contributed by atoms with Crippen LogP contribution in [0.25, 0.3) is 0 Å². The van der Waals surface area contributed by atoms with E-state index in [0.29, 0.717) is 18.3 Å². The van der Waals surface area contributed by atoms with Gasteiger partial charge in [-0.15, -0.1) is 23.7 Å². The maximum atomic E-state index is 12.1. The molecule has 0 aliphatic carbocycles. The number of thiophene rings is 1. The molecule has 1 fully saturated rings. The maximum absolute atomic E-state index is 12.1. The Morgan fingerprint density at radius 2 is 2.35 bits per heavy atom. The second-order valence-corrected chi connectivity index (χ2v) is 7.94. The van der Waals surface area contributed by atoms with E-state index >= 15 is 0 Å². The molecule has 0 saturated carbocycles. The van der Waals surface area contributed by atoms with E-state index in [9.17, 15) is 4.79 Å². The lowest BCUT2D eigenvalue weighted by atomic mass is 10.1. The van der Waals surface area contributed by atoms with Crippen molar-refractivity contribution in [2.24, 2.45) is 0 Å². The van der Waals surface area contributed by atoms with Crippen molar-refractivity contribution in [2.75, 3.05) is 19.6 Å². The summed E-state index contributed by atoms with van der Waals surface area (Å²) in [5.41, 5.74) is 0.498. The number of carbonyl (C=O) groups is 1. The van der Waals surface area contributed by atoms with E-state index < -0.39 is 0 Å². The number of halogens is 2. The summed E-state index contributed by atoms with van der Waals surface area (Å²) >= 11 is 5.14. The predicted molar refractivity (Wildman–Crippen MR) is 98.7 cm³/mol. The van der Waals surface area contributed by atoms with Crippen LogP contribution >= 0.6 is 39.7 Å². The highest BCUT2D eigenvalue weighted by Crippen LogP contribution is 2.22. The van der Waals surface area contributed by atoms with Crippen LogP contribution in [0.2, 0.25) is 0 Å². The molecule has 0 radical (unpaired) electrons. The first-order chi connectivity index (χ1) is 10.7. The van der Waals surface area contributed by atoms with E-state index in [2.05, 4.69) is 37.7 Å². The van der Waals surface area contributed by atoms with Gasteiger partial charge in [0, 0.05) is 24.2 Å². The zero-order valence-electron chi connectivity index (χ0n) is 12.6. The summed E-state index contributed by atoms with van der Waals surface area (Å²) in [4.78, 5) is 13.4. The molecule has 0 spiro atoms. The van der Waals surface area contributed by atoms with Crippen LogP contribution in [-0.2, 0) is 6.42 Å². The van der Waals surface area contributed by atoms with Crippen molar-refractivity contribution in [1.29, 1.82) is 0 Å². The molecule has 23 heavy (non-hydrogen) atoms. The molecule has 2 N–H and O–H groups in total. The van der Waals surface area contributed by atoms with Crippen LogP contribution in [0.4, 0.5) is 0 Å². The van der Waals surface area contributed by atoms with Crippen LogP contribution < -0.4 is 10.6 Å². The summed E-state index contributed by atoms with van der Waals surface area (Å²) in [5, 5.41) is 10.7. The number of rotatable bonds is 5. The van der Waals surface area contributed by atoms with Crippen LogP contribution in [0.1, 0.15) is 34.2 Å². The summed E-state index contributed by atoms with van der Waals surface area (Å²) in [6.45, 7) is 2.63. The number of amides is 1. The minimum atomic E-state index is -0.0989. The van der Waals surface area contributed by atoms with Gasteiger partial charge in [0.15, 0.2) is 0 Å². The molecule has 1 aliphatic heterocycles. The minimum absolute atomic E-state index is 0. The predicted octanol–water partition coefficient (Wildman–Crippen LogP) is 3.03. The van der Waals surface area contributed by atoms with Crippen LogP contribution in [0.5, 0.6) is 0 Å². The highest BCUT2D eigenvalue weighted by atomic mass is 79.9. The average molecular weight is 420 g/mol. The van der Waals surface area contributed by atoms with E-state index in [-0.39, 0.29) is 18.3 Å². The number of nitrogens with zero attached hydrogens (tertiary/aromatic N) is 2. The van der Waals surface area contributed by atoms with Gasteiger partial charge in [-0.2, -0.15) is 5.10 Å². The summed E-state index contributed by atoms with van der Waals surface area (Å²) < 4.78 is 3.03. The van der Waals surface area contributed by atoms with Gasteiger partial charge in [0.05, 0.1) is 9.83 Å². The van der Waals surface area contributed by atoms with Gasteiger partial charge in [0.25, 0.3) is 5.91 Å². The first kappa shape index (κ1) is 18.4. The largest absolute Gasteiger partial charge is 0.350 e. The van der Waals surface area contributed by atoms with Crippen molar-refractivity contribution in [3.8, 4) is 0 Å². The number of nitrogens with one attached hydrogen (secondary N) is 2. The Morgan fingerprint density at radius 3 is 3.04 bits per heavy atom. The Hall–Kier alpha value is -0.890. The molecule has 0 bridgehead atoms. The third-order valence-corrected chi connectivity index (χ3v) is 5.46. The number of piperidine rings is 1. The number of hydrogen-bond donors (Lipinski definition) is 2. The molecule has 0 aromatic carbocycles. The molecule has 3 heterocycles. The van der Waals surface area contributed by atoms with E-state index in [1.807, 2.05) is 16.9 Å². The molecule has 2 aromatic rings. The van der Waals surface area contributed by atoms with Gasteiger partial charge in [-0.3, -0.25) is 9.48 Å². The Balaban J connectivity index is 0.00000192. The molecular weight excluding hydrogens is 400 g/mol. The fourth-order valence-electron chi connectivity index (χ4n) is 2.60. The molecule has 1 amide bonds. The van der Waals surface area contributed by atoms with Gasteiger partial charge in [0.1, 0.15) is 5.69 Å². The average Bonchev–Trinajstić information content (AvgIpc) is 3.17. The van der Waals surface area contributed by atoms with E-state index in [1.54, 1.807) is 17.4 Å². The zero-order valence-corrected chi connectivity index (χ0v) is 15.8. The highest BCUT2D eigenvalue weighted by Gasteiger charge is 2.17. The highest BCUT2D eigenvalue weighted by molar-refractivity contribution is 9.11. The quantitative estimate of drug-likeness (QED) is 0.783. The number of carbonyl (C=O) groups excluding carboxylic acids is 1. The van der Waals surface area contributed by atoms with Gasteiger partial charge in [-0.1, -0.05) is 0 Å². The van der Waals surface area contributed by atoms with Gasteiger partial charge >= 0.3 is 0 Å². The van der Waals surface area contributed by atoms with Crippen molar-refractivity contribution >= 4 is 45.6 Å². The standard InChI is InChI=1S/C15H19BrN4OS.ClH/c16-14-4-3-12(22-14)5-8-18-15(21)13-6-9-20(19-13)11-2-1-7-17-10-11;/h3-4,6,9,11,17H,1-2,5,7-8,10H2,(H,18,21);1H. The second kappa shape index (κ2) is 8.82. The molecular formula is C15H20BrClN4OS. The SMILES string of the molecule is Cl.O=C(NCCc1ccc(Br)s1)c1ccn(C2CCCNC2)n1. The first-order valence-electron chi connectivity index (χ1n) is 7.50. The van der Waals surface area contributed by atoms with Crippen LogP contribution in [-0.4, -0.2) is 35.3 Å². The van der Waals surface area contributed by atoms with Crippen molar-refractivity contribution in [3.05, 3.63) is 38.8 Å². The monoisotopic (exact) mass is 418 g/mol. The molecule has 3 rings (SSSR count). The topological polar surface area (TPSA) is 59.0 Å². The molecule has 1 aliphatic rings. The molecule has 1 atom stereocenters. The van der Waals surface area contributed by atoms with Crippen molar-refractivity contribution in [3.63, 3.8) is 0 Å². The maximum Gasteiger partial charge on any atom is 0.271 e. The van der Waals surface area contributed by atoms with E-state index in [1.165, 1.54) is 4.88 Å². The van der Waals surface area contributed by atoms with Gasteiger partial charge < -0.3 is 10.6 Å². The lowest BCUT2D eigenvalue weighted by Gasteiger charge is -2.22. The Morgan fingerprint density at radius 1 is 1.48 bits per heavy atom. The van der Waals surface area contributed by atoms with Gasteiger partial charge in [-0.05, 0) is 59.9 Å². The lowest BCUT2D eigenvalue weighted by molar-refractivity contribution is 0.0948. The Kier molecular flexibility index (Phi) is 7.08. The Bertz CT molecular complexity index is 639. The third-order valence-electron chi connectivity index (χ3n) is 3.77. The minimum Gasteiger partial charge on any atom is -0.350 e. The zero-order chi connectivity index (χ0) is 15.4.